The topological polar surface area (TPSA) is 68.5 Å². The zero-order chi connectivity index (χ0) is 20.6. The van der Waals surface area contributed by atoms with Crippen LogP contribution in [0.1, 0.15) is 71.3 Å². The molecule has 0 spiro atoms. The van der Waals surface area contributed by atoms with Gasteiger partial charge in [0.15, 0.2) is 5.15 Å². The van der Waals surface area contributed by atoms with E-state index in [1.54, 1.807) is 0 Å². The van der Waals surface area contributed by atoms with Crippen molar-refractivity contribution in [1.29, 1.82) is 0 Å². The standard InChI is InChI=1S/C20H26BrClN4O2/c1-11(2)18-25-16(21)15-17(22)23-10-14(26(15)18)12-6-8-13(9-7-12)24-19(27)28-20(3,4)5/h6,10-11,13H,7-9H2,1-5H3,(H,24,27). The number of carbonyl (C=O) groups excluding carboxylic acids is 1. The third-order valence-corrected chi connectivity index (χ3v) is 5.40. The van der Waals surface area contributed by atoms with E-state index in [0.29, 0.717) is 9.76 Å². The number of halogens is 2. The Kier molecular flexibility index (Phi) is 6.05. The van der Waals surface area contributed by atoms with E-state index in [2.05, 4.69) is 55.5 Å². The van der Waals surface area contributed by atoms with E-state index < -0.39 is 5.60 Å². The van der Waals surface area contributed by atoms with Crippen molar-refractivity contribution in [1.82, 2.24) is 19.7 Å². The summed E-state index contributed by atoms with van der Waals surface area (Å²) in [7, 11) is 0. The quantitative estimate of drug-likeness (QED) is 0.623. The summed E-state index contributed by atoms with van der Waals surface area (Å²) in [4.78, 5) is 21.0. The van der Waals surface area contributed by atoms with Crippen LogP contribution in [-0.2, 0) is 4.74 Å². The summed E-state index contributed by atoms with van der Waals surface area (Å²) in [5.74, 6) is 1.18. The van der Waals surface area contributed by atoms with E-state index in [-0.39, 0.29) is 18.1 Å². The lowest BCUT2D eigenvalue weighted by atomic mass is 9.93. The van der Waals surface area contributed by atoms with Gasteiger partial charge in [-0.2, -0.15) is 0 Å². The Balaban J connectivity index is 1.86. The van der Waals surface area contributed by atoms with Crippen LogP contribution >= 0.6 is 27.5 Å². The van der Waals surface area contributed by atoms with Gasteiger partial charge in [0.1, 0.15) is 21.5 Å². The maximum atomic E-state index is 12.0. The molecule has 28 heavy (non-hydrogen) atoms. The highest BCUT2D eigenvalue weighted by molar-refractivity contribution is 9.10. The molecule has 6 nitrogen and oxygen atoms in total. The lowest BCUT2D eigenvalue weighted by molar-refractivity contribution is 0.0502. The lowest BCUT2D eigenvalue weighted by Gasteiger charge is -2.26. The smallest absolute Gasteiger partial charge is 0.407 e. The Morgan fingerprint density at radius 3 is 2.71 bits per heavy atom. The van der Waals surface area contributed by atoms with Crippen molar-refractivity contribution in [3.05, 3.63) is 33.5 Å². The summed E-state index contributed by atoms with van der Waals surface area (Å²) in [5.41, 5.74) is 2.47. The molecule has 0 radical (unpaired) electrons. The summed E-state index contributed by atoms with van der Waals surface area (Å²) >= 11 is 9.86. The van der Waals surface area contributed by atoms with Crippen LogP contribution in [-0.4, -0.2) is 32.1 Å². The number of fused-ring (bicyclic) bond motifs is 1. The summed E-state index contributed by atoms with van der Waals surface area (Å²) in [6, 6.07) is 0.0634. The Bertz CT molecular complexity index is 930. The van der Waals surface area contributed by atoms with Crippen LogP contribution in [0.3, 0.4) is 0 Å². The Hall–Kier alpha value is -1.60. The summed E-state index contributed by atoms with van der Waals surface area (Å²) < 4.78 is 8.15. The number of amides is 1. The molecule has 152 valence electrons. The Labute approximate surface area is 178 Å². The second-order valence-electron chi connectivity index (χ2n) is 8.38. The molecule has 1 amide bonds. The van der Waals surface area contributed by atoms with Crippen LogP contribution in [0.2, 0.25) is 5.15 Å². The van der Waals surface area contributed by atoms with Crippen LogP contribution in [0.25, 0.3) is 11.1 Å². The molecule has 0 fully saturated rings. The van der Waals surface area contributed by atoms with Crippen LogP contribution in [0, 0.1) is 0 Å². The van der Waals surface area contributed by atoms with E-state index in [0.717, 1.165) is 36.3 Å². The van der Waals surface area contributed by atoms with Crippen LogP contribution in [0.4, 0.5) is 4.79 Å². The van der Waals surface area contributed by atoms with Gasteiger partial charge >= 0.3 is 6.09 Å². The number of rotatable bonds is 3. The zero-order valence-corrected chi connectivity index (χ0v) is 19.2. The molecule has 0 saturated heterocycles. The van der Waals surface area contributed by atoms with Gasteiger partial charge in [-0.15, -0.1) is 0 Å². The van der Waals surface area contributed by atoms with Crippen molar-refractivity contribution in [2.75, 3.05) is 0 Å². The summed E-state index contributed by atoms with van der Waals surface area (Å²) in [6.07, 6.45) is 6.00. The second-order valence-corrected chi connectivity index (χ2v) is 9.49. The fraction of sp³-hybridized carbons (Fsp3) is 0.550. The van der Waals surface area contributed by atoms with E-state index in [1.807, 2.05) is 27.0 Å². The van der Waals surface area contributed by atoms with Gasteiger partial charge in [-0.05, 0) is 61.5 Å². The van der Waals surface area contributed by atoms with Gasteiger partial charge in [0, 0.05) is 12.0 Å². The number of imidazole rings is 1. The SMILES string of the molecule is CC(C)c1nc(Br)c2c(Cl)ncc(C3=CCC(NC(=O)OC(C)(C)C)CC3)n12. The van der Waals surface area contributed by atoms with Crippen molar-refractivity contribution in [2.24, 2.45) is 0 Å². The third kappa shape index (κ3) is 4.51. The van der Waals surface area contributed by atoms with Crippen molar-refractivity contribution < 1.29 is 9.53 Å². The molecule has 1 N–H and O–H groups in total. The van der Waals surface area contributed by atoms with Crippen molar-refractivity contribution >= 4 is 44.7 Å². The molecular formula is C20H26BrClN4O2. The molecule has 8 heteroatoms. The molecule has 1 unspecified atom stereocenters. The minimum atomic E-state index is -0.498. The monoisotopic (exact) mass is 468 g/mol. The van der Waals surface area contributed by atoms with Crippen molar-refractivity contribution in [3.8, 4) is 0 Å². The number of aromatic nitrogens is 3. The van der Waals surface area contributed by atoms with Gasteiger partial charge in [-0.25, -0.2) is 14.8 Å². The van der Waals surface area contributed by atoms with Crippen LogP contribution < -0.4 is 5.32 Å². The molecule has 0 aromatic carbocycles. The molecule has 0 saturated carbocycles. The number of hydrogen-bond acceptors (Lipinski definition) is 4. The highest BCUT2D eigenvalue weighted by Crippen LogP contribution is 2.34. The van der Waals surface area contributed by atoms with Gasteiger partial charge < -0.3 is 10.1 Å². The molecule has 0 bridgehead atoms. The third-order valence-electron chi connectivity index (χ3n) is 4.57. The molecule has 1 atom stereocenters. The van der Waals surface area contributed by atoms with Gasteiger partial charge in [-0.3, -0.25) is 4.40 Å². The second kappa shape index (κ2) is 8.03. The number of alkyl carbamates (subject to hydrolysis) is 1. The molecule has 2 aromatic rings. The Morgan fingerprint density at radius 2 is 2.14 bits per heavy atom. The Morgan fingerprint density at radius 1 is 1.43 bits per heavy atom. The first-order valence-electron chi connectivity index (χ1n) is 9.48. The minimum absolute atomic E-state index is 0.0634. The fourth-order valence-electron chi connectivity index (χ4n) is 3.35. The highest BCUT2D eigenvalue weighted by Gasteiger charge is 2.24. The predicted octanol–water partition coefficient (Wildman–Crippen LogP) is 5.73. The van der Waals surface area contributed by atoms with Crippen molar-refractivity contribution in [3.63, 3.8) is 0 Å². The van der Waals surface area contributed by atoms with Gasteiger partial charge in [-0.1, -0.05) is 31.5 Å². The number of allylic oxidation sites excluding steroid dienone is 1. The first-order valence-corrected chi connectivity index (χ1v) is 10.6. The number of ether oxygens (including phenoxy) is 1. The number of hydrogen-bond donors (Lipinski definition) is 1. The minimum Gasteiger partial charge on any atom is -0.444 e. The van der Waals surface area contributed by atoms with E-state index in [9.17, 15) is 4.79 Å². The van der Waals surface area contributed by atoms with Gasteiger partial charge in [0.2, 0.25) is 0 Å². The molecule has 1 aliphatic carbocycles. The average molecular weight is 470 g/mol. The summed E-state index contributed by atoms with van der Waals surface area (Å²) in [5, 5.41) is 3.39. The fourth-order valence-corrected chi connectivity index (χ4v) is 4.24. The molecule has 1 aliphatic rings. The van der Waals surface area contributed by atoms with Crippen molar-refractivity contribution in [2.45, 2.75) is 71.4 Å². The maximum Gasteiger partial charge on any atom is 0.407 e. The first-order chi connectivity index (χ1) is 13.1. The van der Waals surface area contributed by atoms with E-state index >= 15 is 0 Å². The van der Waals surface area contributed by atoms with E-state index in [1.165, 1.54) is 5.57 Å². The predicted molar refractivity (Wildman–Crippen MR) is 115 cm³/mol. The average Bonchev–Trinajstić information content (AvgIpc) is 2.93. The zero-order valence-electron chi connectivity index (χ0n) is 16.8. The van der Waals surface area contributed by atoms with Gasteiger partial charge in [0.25, 0.3) is 0 Å². The molecule has 2 aromatic heterocycles. The molecule has 0 aliphatic heterocycles. The number of nitrogens with one attached hydrogen (secondary N) is 1. The molecule has 3 rings (SSSR count). The lowest BCUT2D eigenvalue weighted by Crippen LogP contribution is -2.39. The summed E-state index contributed by atoms with van der Waals surface area (Å²) in [6.45, 7) is 9.80. The van der Waals surface area contributed by atoms with Crippen LogP contribution in [0.15, 0.2) is 16.9 Å². The van der Waals surface area contributed by atoms with E-state index in [4.69, 9.17) is 16.3 Å². The number of nitrogens with zero attached hydrogens (tertiary/aromatic N) is 3. The van der Waals surface area contributed by atoms with Gasteiger partial charge in [0.05, 0.1) is 11.9 Å². The first kappa shape index (κ1) is 21.1. The van der Waals surface area contributed by atoms with Crippen LogP contribution in [0.5, 0.6) is 0 Å². The molecule has 2 heterocycles. The highest BCUT2D eigenvalue weighted by atomic mass is 79.9. The normalized spacial score (nSPS) is 17.7. The maximum absolute atomic E-state index is 12.0. The largest absolute Gasteiger partial charge is 0.444 e. The number of carbonyl (C=O) groups is 1. The molecular weight excluding hydrogens is 444 g/mol.